The van der Waals surface area contributed by atoms with Crippen LogP contribution < -0.4 is 9.47 Å². The molecule has 2 heterocycles. The number of aromatic hydroxyl groups is 1. The van der Waals surface area contributed by atoms with E-state index in [1.807, 2.05) is 0 Å². The number of hydrogen-bond acceptors (Lipinski definition) is 5. The summed E-state index contributed by atoms with van der Waals surface area (Å²) in [5.74, 6) is 0.0451. The highest BCUT2D eigenvalue weighted by Crippen LogP contribution is 2.45. The van der Waals surface area contributed by atoms with Gasteiger partial charge in [0.05, 0.1) is 25.8 Å². The first kappa shape index (κ1) is 12.8. The lowest BCUT2D eigenvalue weighted by atomic mass is 9.91. The van der Waals surface area contributed by atoms with E-state index in [-0.39, 0.29) is 28.8 Å². The molecular formula is C14H15NO5. The van der Waals surface area contributed by atoms with Gasteiger partial charge in [0.1, 0.15) is 0 Å². The molecule has 6 nitrogen and oxygen atoms in total. The van der Waals surface area contributed by atoms with Crippen LogP contribution in [0.2, 0.25) is 0 Å². The summed E-state index contributed by atoms with van der Waals surface area (Å²) in [4.78, 5) is 25.8. The van der Waals surface area contributed by atoms with Crippen molar-refractivity contribution in [1.82, 2.24) is 4.90 Å². The van der Waals surface area contributed by atoms with Crippen LogP contribution in [0.1, 0.15) is 28.8 Å². The Morgan fingerprint density at radius 1 is 1.30 bits per heavy atom. The average molecular weight is 277 g/mol. The number of fused-ring (bicyclic) bond motifs is 2. The SMILES string of the molecule is COc1cc2c(c(O)c1OC)C(=O)[C@@H]1CCC(=O)N1C2. The van der Waals surface area contributed by atoms with Crippen molar-refractivity contribution >= 4 is 11.7 Å². The Balaban J connectivity index is 2.17. The molecule has 2 aliphatic heterocycles. The number of phenols is 1. The molecule has 1 atom stereocenters. The third kappa shape index (κ3) is 1.57. The third-order valence-corrected chi connectivity index (χ3v) is 3.94. The van der Waals surface area contributed by atoms with Gasteiger partial charge in [-0.25, -0.2) is 0 Å². The minimum Gasteiger partial charge on any atom is -0.504 e. The molecule has 20 heavy (non-hydrogen) atoms. The summed E-state index contributed by atoms with van der Waals surface area (Å²) in [5.41, 5.74) is 0.843. The molecule has 0 bridgehead atoms. The van der Waals surface area contributed by atoms with Gasteiger partial charge in [-0.1, -0.05) is 0 Å². The summed E-state index contributed by atoms with van der Waals surface area (Å²) in [6.45, 7) is 0.318. The number of nitrogens with zero attached hydrogens (tertiary/aromatic N) is 1. The maximum Gasteiger partial charge on any atom is 0.223 e. The molecule has 106 valence electrons. The molecule has 6 heteroatoms. The number of phenolic OH excluding ortho intramolecular Hbond substituents is 1. The molecule has 0 radical (unpaired) electrons. The number of methoxy groups -OCH3 is 2. The van der Waals surface area contributed by atoms with Crippen molar-refractivity contribution in [3.63, 3.8) is 0 Å². The summed E-state index contributed by atoms with van der Waals surface area (Å²) >= 11 is 0. The van der Waals surface area contributed by atoms with E-state index in [4.69, 9.17) is 9.47 Å². The van der Waals surface area contributed by atoms with Gasteiger partial charge in [-0.2, -0.15) is 0 Å². The molecule has 1 N–H and O–H groups in total. The Hall–Kier alpha value is -2.24. The van der Waals surface area contributed by atoms with Gasteiger partial charge in [-0.15, -0.1) is 0 Å². The van der Waals surface area contributed by atoms with E-state index in [1.165, 1.54) is 14.2 Å². The zero-order chi connectivity index (χ0) is 14.4. The zero-order valence-electron chi connectivity index (χ0n) is 11.3. The highest BCUT2D eigenvalue weighted by molar-refractivity contribution is 6.08. The highest BCUT2D eigenvalue weighted by atomic mass is 16.5. The van der Waals surface area contributed by atoms with E-state index in [1.54, 1.807) is 11.0 Å². The number of benzene rings is 1. The Labute approximate surface area is 115 Å². The lowest BCUT2D eigenvalue weighted by molar-refractivity contribution is -0.129. The molecule has 3 rings (SSSR count). The van der Waals surface area contributed by atoms with Crippen LogP contribution in [0.3, 0.4) is 0 Å². The van der Waals surface area contributed by atoms with Gasteiger partial charge in [0, 0.05) is 13.0 Å². The van der Waals surface area contributed by atoms with Gasteiger partial charge in [0.2, 0.25) is 11.7 Å². The fourth-order valence-corrected chi connectivity index (χ4v) is 2.98. The lowest BCUT2D eigenvalue weighted by Gasteiger charge is -2.31. The molecule has 2 aliphatic rings. The predicted molar refractivity (Wildman–Crippen MR) is 69.1 cm³/mol. The molecule has 1 aromatic rings. The summed E-state index contributed by atoms with van der Waals surface area (Å²) in [5, 5.41) is 10.3. The minimum atomic E-state index is -0.459. The Kier molecular flexibility index (Phi) is 2.81. The Morgan fingerprint density at radius 3 is 2.70 bits per heavy atom. The average Bonchev–Trinajstić information content (AvgIpc) is 2.80. The number of ketones is 1. The Morgan fingerprint density at radius 2 is 2.05 bits per heavy atom. The van der Waals surface area contributed by atoms with E-state index >= 15 is 0 Å². The van der Waals surface area contributed by atoms with Gasteiger partial charge in [0.25, 0.3) is 0 Å². The third-order valence-electron chi connectivity index (χ3n) is 3.94. The predicted octanol–water partition coefficient (Wildman–Crippen LogP) is 1.10. The fraction of sp³-hybridized carbons (Fsp3) is 0.429. The first-order valence-electron chi connectivity index (χ1n) is 6.39. The second-order valence-corrected chi connectivity index (χ2v) is 4.94. The molecule has 0 unspecified atom stereocenters. The molecule has 0 saturated carbocycles. The molecule has 1 saturated heterocycles. The maximum absolute atomic E-state index is 12.5. The number of amides is 1. The number of hydrogen-bond donors (Lipinski definition) is 1. The minimum absolute atomic E-state index is 0.0247. The van der Waals surface area contributed by atoms with Crippen LogP contribution in [0.15, 0.2) is 6.07 Å². The molecule has 1 amide bonds. The van der Waals surface area contributed by atoms with Crippen molar-refractivity contribution in [2.24, 2.45) is 0 Å². The number of rotatable bonds is 2. The van der Waals surface area contributed by atoms with E-state index in [2.05, 4.69) is 0 Å². The number of ether oxygens (including phenoxy) is 2. The molecule has 0 aliphatic carbocycles. The first-order chi connectivity index (χ1) is 9.58. The normalized spacial score (nSPS) is 20.7. The smallest absolute Gasteiger partial charge is 0.223 e. The van der Waals surface area contributed by atoms with Crippen molar-refractivity contribution in [2.75, 3.05) is 14.2 Å². The quantitative estimate of drug-likeness (QED) is 0.876. The van der Waals surface area contributed by atoms with Crippen LogP contribution in [0.5, 0.6) is 17.2 Å². The van der Waals surface area contributed by atoms with Crippen molar-refractivity contribution in [2.45, 2.75) is 25.4 Å². The van der Waals surface area contributed by atoms with E-state index in [9.17, 15) is 14.7 Å². The van der Waals surface area contributed by atoms with Crippen molar-refractivity contribution < 1.29 is 24.2 Å². The number of Topliss-reactive ketones (excluding diaryl/α,β-unsaturated/α-hetero) is 1. The van der Waals surface area contributed by atoms with Gasteiger partial charge < -0.3 is 19.5 Å². The van der Waals surface area contributed by atoms with Crippen LogP contribution >= 0.6 is 0 Å². The van der Waals surface area contributed by atoms with Crippen LogP contribution in [-0.4, -0.2) is 42.0 Å². The molecule has 1 aromatic carbocycles. The van der Waals surface area contributed by atoms with Crippen LogP contribution in [-0.2, 0) is 11.3 Å². The largest absolute Gasteiger partial charge is 0.504 e. The van der Waals surface area contributed by atoms with E-state index in [0.717, 1.165) is 0 Å². The monoisotopic (exact) mass is 277 g/mol. The van der Waals surface area contributed by atoms with Crippen LogP contribution in [0.25, 0.3) is 0 Å². The van der Waals surface area contributed by atoms with Crippen LogP contribution in [0.4, 0.5) is 0 Å². The molecule has 1 fully saturated rings. The summed E-state index contributed by atoms with van der Waals surface area (Å²) in [6, 6.07) is 1.19. The number of carbonyl (C=O) groups is 2. The van der Waals surface area contributed by atoms with Gasteiger partial charge in [-0.05, 0) is 18.1 Å². The maximum atomic E-state index is 12.5. The molecular weight excluding hydrogens is 262 g/mol. The van der Waals surface area contributed by atoms with Crippen molar-refractivity contribution in [3.8, 4) is 17.2 Å². The van der Waals surface area contributed by atoms with E-state index in [0.29, 0.717) is 30.7 Å². The molecule has 0 aromatic heterocycles. The zero-order valence-corrected chi connectivity index (χ0v) is 11.3. The topological polar surface area (TPSA) is 76.1 Å². The first-order valence-corrected chi connectivity index (χ1v) is 6.39. The fourth-order valence-electron chi connectivity index (χ4n) is 2.98. The summed E-state index contributed by atoms with van der Waals surface area (Å²) < 4.78 is 10.3. The standard InChI is InChI=1S/C14H15NO5/c1-19-9-5-7-6-15-8(3-4-10(15)16)12(17)11(7)13(18)14(9)20-2/h5,8,18H,3-4,6H2,1-2H3/t8-/m0/s1. The van der Waals surface area contributed by atoms with Crippen molar-refractivity contribution in [3.05, 3.63) is 17.2 Å². The second-order valence-electron chi connectivity index (χ2n) is 4.94. The van der Waals surface area contributed by atoms with E-state index < -0.39 is 6.04 Å². The summed E-state index contributed by atoms with van der Waals surface area (Å²) in [7, 11) is 2.86. The van der Waals surface area contributed by atoms with Crippen molar-refractivity contribution in [1.29, 1.82) is 0 Å². The Bertz CT molecular complexity index is 610. The highest BCUT2D eigenvalue weighted by Gasteiger charge is 2.43. The molecule has 0 spiro atoms. The van der Waals surface area contributed by atoms with Crippen LogP contribution in [0, 0.1) is 0 Å². The summed E-state index contributed by atoms with van der Waals surface area (Å²) in [6.07, 6.45) is 0.879. The van der Waals surface area contributed by atoms with Gasteiger partial charge >= 0.3 is 0 Å². The number of carbonyl (C=O) groups excluding carboxylic acids is 2. The second kappa shape index (κ2) is 4.40. The van der Waals surface area contributed by atoms with Gasteiger partial charge in [-0.3, -0.25) is 9.59 Å². The van der Waals surface area contributed by atoms with Gasteiger partial charge in [0.15, 0.2) is 17.3 Å². The lowest BCUT2D eigenvalue weighted by Crippen LogP contribution is -2.42.